The van der Waals surface area contributed by atoms with E-state index in [-0.39, 0.29) is 29.6 Å². The molecule has 0 radical (unpaired) electrons. The quantitative estimate of drug-likeness (QED) is 0.155. The molecule has 5 rings (SSSR count). The van der Waals surface area contributed by atoms with E-state index in [1.54, 1.807) is 43.3 Å². The third-order valence-electron chi connectivity index (χ3n) is 8.84. The van der Waals surface area contributed by atoms with E-state index in [4.69, 9.17) is 0 Å². The number of benzene rings is 4. The van der Waals surface area contributed by atoms with Gasteiger partial charge in [-0.15, -0.1) is 0 Å². The Morgan fingerprint density at radius 2 is 1.50 bits per heavy atom. The summed E-state index contributed by atoms with van der Waals surface area (Å²) >= 11 is 0. The summed E-state index contributed by atoms with van der Waals surface area (Å²) in [5, 5.41) is 3.09. The van der Waals surface area contributed by atoms with Crippen LogP contribution in [0.5, 0.6) is 0 Å². The lowest BCUT2D eigenvalue weighted by atomic mass is 9.94. The molecule has 1 atom stereocenters. The van der Waals surface area contributed by atoms with E-state index in [0.29, 0.717) is 15.9 Å². The second-order valence-corrected chi connectivity index (χ2v) is 14.4. The minimum atomic E-state index is -4.79. The highest BCUT2D eigenvalue weighted by molar-refractivity contribution is 7.92. The van der Waals surface area contributed by atoms with Crippen LogP contribution in [0.1, 0.15) is 54.4 Å². The third-order valence-corrected chi connectivity index (χ3v) is 10.6. The first-order valence-electron chi connectivity index (χ1n) is 16.5. The van der Waals surface area contributed by atoms with E-state index in [1.807, 2.05) is 6.07 Å². The summed E-state index contributed by atoms with van der Waals surface area (Å²) in [6.45, 7) is 0.638. The Hall–Kier alpha value is -4.71. The topological polar surface area (TPSA) is 86.8 Å². The monoisotopic (exact) mass is 709 g/mol. The molecule has 1 aliphatic carbocycles. The predicted octanol–water partition coefficient (Wildman–Crippen LogP) is 7.44. The molecule has 1 unspecified atom stereocenters. The third kappa shape index (κ3) is 9.29. The molecule has 2 amide bonds. The maximum absolute atomic E-state index is 14.6. The van der Waals surface area contributed by atoms with Crippen LogP contribution in [0.25, 0.3) is 0 Å². The van der Waals surface area contributed by atoms with Crippen molar-refractivity contribution in [1.29, 1.82) is 0 Å². The van der Waals surface area contributed by atoms with E-state index in [9.17, 15) is 35.6 Å². The molecule has 4 aromatic carbocycles. The van der Waals surface area contributed by atoms with Crippen molar-refractivity contribution in [3.8, 4) is 0 Å². The summed E-state index contributed by atoms with van der Waals surface area (Å²) in [5.41, 5.74) is 0.486. The number of aryl methyl sites for hydroxylation is 1. The van der Waals surface area contributed by atoms with Crippen molar-refractivity contribution < 1.29 is 35.6 Å². The van der Waals surface area contributed by atoms with E-state index in [2.05, 4.69) is 5.32 Å². The van der Waals surface area contributed by atoms with Gasteiger partial charge in [-0.3, -0.25) is 13.9 Å². The number of rotatable bonds is 12. The van der Waals surface area contributed by atoms with Gasteiger partial charge in [0.25, 0.3) is 10.0 Å². The van der Waals surface area contributed by atoms with Crippen LogP contribution in [-0.2, 0) is 38.8 Å². The van der Waals surface area contributed by atoms with Gasteiger partial charge < -0.3 is 10.2 Å². The van der Waals surface area contributed by atoms with E-state index in [0.717, 1.165) is 55.4 Å². The highest BCUT2D eigenvalue weighted by atomic mass is 32.2. The minimum absolute atomic E-state index is 0.0700. The first-order valence-corrected chi connectivity index (χ1v) is 17.9. The zero-order valence-electron chi connectivity index (χ0n) is 27.6. The fourth-order valence-electron chi connectivity index (χ4n) is 6.09. The van der Waals surface area contributed by atoms with Gasteiger partial charge in [-0.1, -0.05) is 85.5 Å². The number of anilines is 1. The second-order valence-electron chi connectivity index (χ2n) is 12.6. The fraction of sp³-hybridized carbons (Fsp3) is 0.316. The summed E-state index contributed by atoms with van der Waals surface area (Å²) in [7, 11) is -4.60. The van der Waals surface area contributed by atoms with Crippen LogP contribution < -0.4 is 9.62 Å². The van der Waals surface area contributed by atoms with Gasteiger partial charge >= 0.3 is 6.18 Å². The predicted molar refractivity (Wildman–Crippen MR) is 183 cm³/mol. The average molecular weight is 710 g/mol. The maximum Gasteiger partial charge on any atom is 0.416 e. The number of halogens is 4. The second kappa shape index (κ2) is 15.9. The molecule has 0 saturated heterocycles. The summed E-state index contributed by atoms with van der Waals surface area (Å²) < 4.78 is 84.4. The van der Waals surface area contributed by atoms with Crippen LogP contribution in [0.2, 0.25) is 0 Å². The molecule has 1 saturated carbocycles. The molecule has 264 valence electrons. The molecule has 0 heterocycles. The van der Waals surface area contributed by atoms with Crippen LogP contribution in [0.3, 0.4) is 0 Å². The zero-order chi connectivity index (χ0) is 35.9. The Kier molecular flexibility index (Phi) is 11.6. The number of sulfonamides is 1. The van der Waals surface area contributed by atoms with Gasteiger partial charge in [0, 0.05) is 19.0 Å². The minimum Gasteiger partial charge on any atom is -0.352 e. The van der Waals surface area contributed by atoms with Gasteiger partial charge in [-0.05, 0) is 73.4 Å². The molecular formula is C38H39F4N3O4S. The van der Waals surface area contributed by atoms with Gasteiger partial charge in [0.1, 0.15) is 18.4 Å². The van der Waals surface area contributed by atoms with Crippen LogP contribution in [-0.4, -0.2) is 43.8 Å². The van der Waals surface area contributed by atoms with Crippen LogP contribution in [0, 0.1) is 12.7 Å². The van der Waals surface area contributed by atoms with Crippen molar-refractivity contribution in [1.82, 2.24) is 10.2 Å². The Balaban J connectivity index is 1.59. The van der Waals surface area contributed by atoms with Gasteiger partial charge in [0.15, 0.2) is 0 Å². The van der Waals surface area contributed by atoms with Crippen molar-refractivity contribution in [2.24, 2.45) is 0 Å². The number of nitrogens with zero attached hydrogens (tertiary/aromatic N) is 2. The van der Waals surface area contributed by atoms with E-state index in [1.165, 1.54) is 47.4 Å². The number of carbonyl (C=O) groups is 2. The molecule has 7 nitrogen and oxygen atoms in total. The largest absolute Gasteiger partial charge is 0.416 e. The van der Waals surface area contributed by atoms with Crippen LogP contribution in [0.15, 0.2) is 108 Å². The van der Waals surface area contributed by atoms with Crippen molar-refractivity contribution in [2.75, 3.05) is 10.8 Å². The highest BCUT2D eigenvalue weighted by Gasteiger charge is 2.37. The van der Waals surface area contributed by atoms with Crippen molar-refractivity contribution in [3.63, 3.8) is 0 Å². The molecule has 0 spiro atoms. The number of hydrogen-bond acceptors (Lipinski definition) is 4. The van der Waals surface area contributed by atoms with Crippen LogP contribution in [0.4, 0.5) is 23.2 Å². The Morgan fingerprint density at radius 3 is 2.14 bits per heavy atom. The molecule has 0 bridgehead atoms. The molecular weight excluding hydrogens is 670 g/mol. The number of amides is 2. The normalized spacial score (nSPS) is 14.5. The number of nitrogens with one attached hydrogen (secondary N) is 1. The Morgan fingerprint density at radius 1 is 0.840 bits per heavy atom. The average Bonchev–Trinajstić information content (AvgIpc) is 3.10. The smallest absolute Gasteiger partial charge is 0.352 e. The summed E-state index contributed by atoms with van der Waals surface area (Å²) in [6, 6.07) is 22.6. The summed E-state index contributed by atoms with van der Waals surface area (Å²) in [6.07, 6.45) is -0.241. The number of alkyl halides is 3. The molecule has 0 aromatic heterocycles. The molecule has 1 aliphatic rings. The summed E-state index contributed by atoms with van der Waals surface area (Å²) in [5.74, 6) is -1.78. The molecule has 1 fully saturated rings. The lowest BCUT2D eigenvalue weighted by Crippen LogP contribution is -2.55. The van der Waals surface area contributed by atoms with Gasteiger partial charge in [-0.2, -0.15) is 13.2 Å². The van der Waals surface area contributed by atoms with Gasteiger partial charge in [-0.25, -0.2) is 12.8 Å². The Bertz CT molecular complexity index is 1860. The zero-order valence-corrected chi connectivity index (χ0v) is 28.4. The van der Waals surface area contributed by atoms with E-state index >= 15 is 0 Å². The first kappa shape index (κ1) is 36.6. The fourth-order valence-corrected chi connectivity index (χ4v) is 7.49. The highest BCUT2D eigenvalue weighted by Crippen LogP contribution is 2.33. The maximum atomic E-state index is 14.6. The lowest BCUT2D eigenvalue weighted by Gasteiger charge is -2.35. The molecule has 4 aromatic rings. The van der Waals surface area contributed by atoms with Gasteiger partial charge in [0.2, 0.25) is 11.8 Å². The van der Waals surface area contributed by atoms with Gasteiger partial charge in [0.05, 0.1) is 16.1 Å². The Labute approximate surface area is 290 Å². The van der Waals surface area contributed by atoms with Crippen molar-refractivity contribution in [3.05, 3.63) is 131 Å². The van der Waals surface area contributed by atoms with Crippen LogP contribution >= 0.6 is 0 Å². The van der Waals surface area contributed by atoms with Crippen molar-refractivity contribution in [2.45, 2.75) is 75.1 Å². The standard InChI is InChI=1S/C38H39F4N3O4S/c1-27-15-21-34(22-16-27)50(48,49)45(33-14-8-11-30(24-33)38(40,41)42)26-36(46)44(25-29-17-19-31(39)20-18-29)35(23-28-9-4-2-5-10-28)37(47)43-32-12-6-3-7-13-32/h2,4-5,8-11,14-22,24,32,35H,3,6-7,12-13,23,25-26H2,1H3,(H,43,47). The molecule has 50 heavy (non-hydrogen) atoms. The SMILES string of the molecule is Cc1ccc(S(=O)(=O)N(CC(=O)N(Cc2ccc(F)cc2)C(Cc2ccccc2)C(=O)NC2CCCCC2)c2cccc(C(F)(F)F)c2)cc1. The van der Waals surface area contributed by atoms with Crippen molar-refractivity contribution >= 4 is 27.5 Å². The van der Waals surface area contributed by atoms with E-state index < -0.39 is 52.0 Å². The summed E-state index contributed by atoms with van der Waals surface area (Å²) in [4.78, 5) is 29.7. The number of carbonyl (C=O) groups excluding carboxylic acids is 2. The lowest BCUT2D eigenvalue weighted by molar-refractivity contribution is -0.140. The molecule has 0 aliphatic heterocycles. The molecule has 12 heteroatoms. The number of hydrogen-bond donors (Lipinski definition) is 1. The molecule has 1 N–H and O–H groups in total. The first-order chi connectivity index (χ1) is 23.8.